The number of nitrogens with zero attached hydrogens (tertiary/aromatic N) is 2. The first-order valence-corrected chi connectivity index (χ1v) is 7.13. The first-order valence-electron chi connectivity index (χ1n) is 6.75. The normalized spacial score (nSPS) is 10.7. The van der Waals surface area contributed by atoms with Crippen LogP contribution in [0.1, 0.15) is 6.99 Å². The van der Waals surface area contributed by atoms with Crippen molar-refractivity contribution in [1.82, 2.24) is 0 Å². The van der Waals surface area contributed by atoms with Crippen LogP contribution < -0.4 is 39.6 Å². The number of hydrogen-bond acceptors (Lipinski definition) is 5. The van der Waals surface area contributed by atoms with Crippen LogP contribution >= 0.6 is 11.6 Å². The molecule has 0 saturated heterocycles. The predicted molar refractivity (Wildman–Crippen MR) is 85.2 cm³/mol. The Balaban J connectivity index is 0.00000364. The molecular weight excluding hydrogens is 405 g/mol. The van der Waals surface area contributed by atoms with E-state index in [-0.39, 0.29) is 47.9 Å². The van der Waals surface area contributed by atoms with Crippen LogP contribution in [0.25, 0.3) is 0 Å². The molecule has 0 heterocycles. The number of benzene rings is 2. The third-order valence-corrected chi connectivity index (χ3v) is 3.46. The Kier molecular flexibility index (Phi) is 7.86. The van der Waals surface area contributed by atoms with Gasteiger partial charge in [0.2, 0.25) is 0 Å². The number of hydrogen-bond donors (Lipinski definition) is 1. The minimum atomic E-state index is -4.76. The van der Waals surface area contributed by atoms with Crippen LogP contribution in [0.3, 0.4) is 0 Å². The number of nitro groups is 1. The molecule has 0 aliphatic rings. The molecule has 27 heavy (non-hydrogen) atoms. The number of alkyl halides is 4. The first-order chi connectivity index (χ1) is 12.2. The average molecular weight is 414 g/mol. The minimum Gasteiger partial charge on any atom is -1.00 e. The Bertz CT molecular complexity index is 899. The fourth-order valence-electron chi connectivity index (χ4n) is 1.93. The summed E-state index contributed by atoms with van der Waals surface area (Å²) in [5.41, 5.74) is -1.33. The molecule has 1 N–H and O–H groups in total. The van der Waals surface area contributed by atoms with Crippen molar-refractivity contribution in [3.8, 4) is 11.8 Å². The van der Waals surface area contributed by atoms with Gasteiger partial charge in [-0.05, 0) is 24.3 Å². The van der Waals surface area contributed by atoms with Crippen molar-refractivity contribution in [2.45, 2.75) is 12.5 Å². The molecule has 0 atom stereocenters. The Morgan fingerprint density at radius 3 is 2.44 bits per heavy atom. The Hall–Kier alpha value is -2.06. The average Bonchev–Trinajstić information content (AvgIpc) is 2.56. The SMILES string of the molecule is N#Cc1ccc(Nc2ccccc2OC(F)(F)C(F)F)c([N+](=O)[O-])c1Cl.[H-].[Na+]. The minimum absolute atomic E-state index is 0. The van der Waals surface area contributed by atoms with Gasteiger partial charge in [-0.1, -0.05) is 23.7 Å². The van der Waals surface area contributed by atoms with Crippen molar-refractivity contribution in [1.29, 1.82) is 5.26 Å². The van der Waals surface area contributed by atoms with Crippen molar-refractivity contribution < 1.29 is 58.2 Å². The second kappa shape index (κ2) is 9.23. The zero-order valence-electron chi connectivity index (χ0n) is 14.6. The summed E-state index contributed by atoms with van der Waals surface area (Å²) in [6.07, 6.45) is -8.83. The second-order valence-electron chi connectivity index (χ2n) is 4.78. The van der Waals surface area contributed by atoms with E-state index < -0.39 is 33.9 Å². The number of ether oxygens (including phenoxy) is 1. The van der Waals surface area contributed by atoms with Crippen molar-refractivity contribution in [3.63, 3.8) is 0 Å². The number of nitriles is 1. The summed E-state index contributed by atoms with van der Waals surface area (Å²) >= 11 is 5.81. The van der Waals surface area contributed by atoms with Gasteiger partial charge in [-0.3, -0.25) is 10.1 Å². The van der Waals surface area contributed by atoms with Gasteiger partial charge >= 0.3 is 47.8 Å². The van der Waals surface area contributed by atoms with Crippen LogP contribution in [0.15, 0.2) is 36.4 Å². The van der Waals surface area contributed by atoms with Crippen LogP contribution in [0.4, 0.5) is 34.6 Å². The smallest absolute Gasteiger partial charge is 1.00 e. The number of nitro benzene ring substituents is 1. The van der Waals surface area contributed by atoms with Gasteiger partial charge in [0.1, 0.15) is 22.5 Å². The van der Waals surface area contributed by atoms with E-state index in [1.54, 1.807) is 6.07 Å². The summed E-state index contributed by atoms with van der Waals surface area (Å²) in [6, 6.07) is 8.76. The van der Waals surface area contributed by atoms with Crippen molar-refractivity contribution in [3.05, 3.63) is 57.1 Å². The van der Waals surface area contributed by atoms with Crippen molar-refractivity contribution >= 4 is 28.7 Å². The summed E-state index contributed by atoms with van der Waals surface area (Å²) < 4.78 is 55.0. The van der Waals surface area contributed by atoms with Gasteiger partial charge in [-0.15, -0.1) is 0 Å². The van der Waals surface area contributed by atoms with Gasteiger partial charge in [0.05, 0.1) is 16.2 Å². The van der Waals surface area contributed by atoms with E-state index in [4.69, 9.17) is 16.9 Å². The molecule has 0 aliphatic carbocycles. The molecule has 6 nitrogen and oxygen atoms in total. The molecule has 0 amide bonds. The molecule has 2 rings (SSSR count). The second-order valence-corrected chi connectivity index (χ2v) is 5.16. The van der Waals surface area contributed by atoms with Crippen LogP contribution in [0.5, 0.6) is 5.75 Å². The van der Waals surface area contributed by atoms with Crippen molar-refractivity contribution in [2.24, 2.45) is 0 Å². The summed E-state index contributed by atoms with van der Waals surface area (Å²) in [7, 11) is 0. The molecule has 2 aromatic carbocycles. The summed E-state index contributed by atoms with van der Waals surface area (Å²) in [5, 5.41) is 22.1. The quantitative estimate of drug-likeness (QED) is 0.339. The molecule has 2 aromatic rings. The zero-order valence-corrected chi connectivity index (χ0v) is 16.3. The van der Waals surface area contributed by atoms with Crippen molar-refractivity contribution in [2.75, 3.05) is 5.32 Å². The topological polar surface area (TPSA) is 88.2 Å². The summed E-state index contributed by atoms with van der Waals surface area (Å²) in [5.74, 6) is -0.660. The van der Waals surface area contributed by atoms with Gasteiger partial charge in [0, 0.05) is 0 Å². The Labute approximate surface area is 178 Å². The van der Waals surface area contributed by atoms with E-state index in [2.05, 4.69) is 10.1 Å². The van der Waals surface area contributed by atoms with Crippen LogP contribution in [0.2, 0.25) is 5.02 Å². The van der Waals surface area contributed by atoms with E-state index in [0.717, 1.165) is 12.1 Å². The number of nitrogens with one attached hydrogen (secondary N) is 1. The zero-order chi connectivity index (χ0) is 19.5. The standard InChI is InChI=1S/C15H8ClF4N3O3.Na.H/c16-12-8(7-21)5-6-10(13(12)23(24)25)22-9-3-1-2-4-11(9)26-15(19,20)14(17)18;;/h1-6,14,22H;;/q;+1;-1. The maximum absolute atomic E-state index is 13.2. The maximum atomic E-state index is 13.2. The molecular formula is C15H9ClF4N3NaO3. The van der Waals surface area contributed by atoms with Gasteiger partial charge in [0.15, 0.2) is 0 Å². The Morgan fingerprint density at radius 1 is 1.26 bits per heavy atom. The molecule has 0 spiro atoms. The fourth-order valence-corrected chi connectivity index (χ4v) is 2.20. The molecule has 12 heteroatoms. The van der Waals surface area contributed by atoms with E-state index in [1.807, 2.05) is 0 Å². The fraction of sp³-hybridized carbons (Fsp3) is 0.133. The summed E-state index contributed by atoms with van der Waals surface area (Å²) in [6.45, 7) is 0. The third kappa shape index (κ3) is 5.23. The number of rotatable bonds is 6. The van der Waals surface area contributed by atoms with Crippen LogP contribution in [0, 0.1) is 21.4 Å². The molecule has 0 fully saturated rings. The molecule has 0 radical (unpaired) electrons. The molecule has 0 unspecified atom stereocenters. The Morgan fingerprint density at radius 2 is 1.89 bits per heavy atom. The monoisotopic (exact) mass is 413 g/mol. The van der Waals surface area contributed by atoms with E-state index in [0.29, 0.717) is 0 Å². The molecule has 0 aromatic heterocycles. The van der Waals surface area contributed by atoms with Gasteiger partial charge in [-0.2, -0.15) is 22.8 Å². The third-order valence-electron chi connectivity index (χ3n) is 3.08. The van der Waals surface area contributed by atoms with Gasteiger partial charge in [0.25, 0.3) is 0 Å². The van der Waals surface area contributed by atoms with Crippen LogP contribution in [-0.4, -0.2) is 17.5 Å². The number of halogens is 5. The molecule has 0 bridgehead atoms. The predicted octanol–water partition coefficient (Wildman–Crippen LogP) is 2.22. The van der Waals surface area contributed by atoms with E-state index >= 15 is 0 Å². The van der Waals surface area contributed by atoms with Crippen LogP contribution in [-0.2, 0) is 0 Å². The number of para-hydroxylation sites is 2. The molecule has 138 valence electrons. The van der Waals surface area contributed by atoms with Gasteiger partial charge in [-0.25, -0.2) is 0 Å². The largest absolute Gasteiger partial charge is 1.00 e. The summed E-state index contributed by atoms with van der Waals surface area (Å²) in [4.78, 5) is 10.4. The number of anilines is 2. The van der Waals surface area contributed by atoms with E-state index in [9.17, 15) is 27.7 Å². The first kappa shape index (κ1) is 23.0. The molecule has 0 saturated carbocycles. The maximum Gasteiger partial charge on any atom is 1.00 e. The van der Waals surface area contributed by atoms with Gasteiger partial charge < -0.3 is 11.5 Å². The molecule has 0 aliphatic heterocycles. The van der Waals surface area contributed by atoms with E-state index in [1.165, 1.54) is 24.3 Å².